The molecule has 0 aliphatic carbocycles. The van der Waals surface area contributed by atoms with Gasteiger partial charge in [-0.25, -0.2) is 0 Å². The van der Waals surface area contributed by atoms with E-state index in [9.17, 15) is 13.2 Å². The number of alkyl halides is 3. The number of hydrogen-bond donors (Lipinski definition) is 1. The zero-order chi connectivity index (χ0) is 13.0. The molecule has 2 heterocycles. The minimum atomic E-state index is -4.33. The number of rotatable bonds is 5. The van der Waals surface area contributed by atoms with Gasteiger partial charge in [0.25, 0.3) is 0 Å². The van der Waals surface area contributed by atoms with E-state index in [1.54, 1.807) is 0 Å². The Labute approximate surface area is 102 Å². The Morgan fingerprint density at radius 3 is 2.94 bits per heavy atom. The second-order valence-electron chi connectivity index (χ2n) is 4.28. The quantitative estimate of drug-likeness (QED) is 0.869. The van der Waals surface area contributed by atoms with Gasteiger partial charge in [-0.1, -0.05) is 5.16 Å². The van der Waals surface area contributed by atoms with Gasteiger partial charge in [-0.3, -0.25) is 0 Å². The van der Waals surface area contributed by atoms with Crippen LogP contribution < -0.4 is 5.32 Å². The fourth-order valence-electron chi connectivity index (χ4n) is 1.83. The summed E-state index contributed by atoms with van der Waals surface area (Å²) in [5.74, 6) is 1.06. The second-order valence-corrected chi connectivity index (χ2v) is 4.28. The van der Waals surface area contributed by atoms with Gasteiger partial charge in [-0.05, 0) is 25.4 Å². The van der Waals surface area contributed by atoms with Crippen LogP contribution >= 0.6 is 0 Å². The molecular formula is C10H14F3N3O2. The smallest absolute Gasteiger partial charge is 0.364 e. The Hall–Kier alpha value is -1.15. The van der Waals surface area contributed by atoms with Crippen LogP contribution in [0.5, 0.6) is 0 Å². The van der Waals surface area contributed by atoms with Gasteiger partial charge in [0, 0.05) is 6.42 Å². The largest absolute Gasteiger partial charge is 0.411 e. The van der Waals surface area contributed by atoms with Crippen molar-refractivity contribution in [2.75, 3.05) is 19.7 Å². The molecule has 0 saturated carbocycles. The Balaban J connectivity index is 1.75. The van der Waals surface area contributed by atoms with E-state index in [0.717, 1.165) is 19.5 Å². The summed E-state index contributed by atoms with van der Waals surface area (Å²) in [4.78, 5) is 4.00. The topological polar surface area (TPSA) is 60.2 Å². The third-order valence-corrected chi connectivity index (χ3v) is 2.63. The molecule has 0 aromatic carbocycles. The summed E-state index contributed by atoms with van der Waals surface area (Å²) in [6, 6.07) is 0. The highest BCUT2D eigenvalue weighted by Gasteiger charge is 2.27. The fourth-order valence-corrected chi connectivity index (χ4v) is 1.83. The van der Waals surface area contributed by atoms with Crippen molar-refractivity contribution >= 4 is 0 Å². The van der Waals surface area contributed by atoms with Gasteiger partial charge in [0.2, 0.25) is 5.89 Å². The standard InChI is InChI=1S/C10H14F3N3O2/c11-10(12,13)6-17-5-8-15-9(18-16-8)3-7-1-2-14-4-7/h7,14H,1-6H2. The van der Waals surface area contributed by atoms with Crippen LogP contribution in [-0.2, 0) is 17.8 Å². The molecule has 1 aromatic rings. The van der Waals surface area contributed by atoms with Crippen molar-refractivity contribution in [2.45, 2.75) is 25.6 Å². The number of nitrogens with zero attached hydrogens (tertiary/aromatic N) is 2. The van der Waals surface area contributed by atoms with Crippen molar-refractivity contribution < 1.29 is 22.4 Å². The summed E-state index contributed by atoms with van der Waals surface area (Å²) in [5, 5.41) is 6.79. The number of ether oxygens (including phenoxy) is 1. The predicted octanol–water partition coefficient (Wildman–Crippen LogP) is 1.30. The maximum Gasteiger partial charge on any atom is 0.411 e. The zero-order valence-corrected chi connectivity index (χ0v) is 9.66. The van der Waals surface area contributed by atoms with E-state index >= 15 is 0 Å². The summed E-state index contributed by atoms with van der Waals surface area (Å²) < 4.78 is 44.9. The molecule has 1 aromatic heterocycles. The molecule has 0 radical (unpaired) electrons. The predicted molar refractivity (Wildman–Crippen MR) is 54.7 cm³/mol. The van der Waals surface area contributed by atoms with E-state index in [0.29, 0.717) is 18.2 Å². The van der Waals surface area contributed by atoms with Crippen molar-refractivity contribution in [1.82, 2.24) is 15.5 Å². The first kappa shape index (κ1) is 13.3. The molecule has 0 bridgehead atoms. The molecule has 1 fully saturated rings. The van der Waals surface area contributed by atoms with Crippen molar-refractivity contribution in [3.63, 3.8) is 0 Å². The zero-order valence-electron chi connectivity index (χ0n) is 9.66. The summed E-state index contributed by atoms with van der Waals surface area (Å²) in [6.45, 7) is 0.290. The van der Waals surface area contributed by atoms with Crippen LogP contribution in [0, 0.1) is 5.92 Å². The van der Waals surface area contributed by atoms with Crippen LogP contribution in [0.3, 0.4) is 0 Å². The van der Waals surface area contributed by atoms with Crippen LogP contribution in [0.4, 0.5) is 13.2 Å². The number of aromatic nitrogens is 2. The SMILES string of the molecule is FC(F)(F)COCc1noc(CC2CCNC2)n1. The lowest BCUT2D eigenvalue weighted by Crippen LogP contribution is -2.17. The fraction of sp³-hybridized carbons (Fsp3) is 0.800. The van der Waals surface area contributed by atoms with E-state index in [4.69, 9.17) is 4.52 Å². The number of nitrogens with one attached hydrogen (secondary N) is 1. The summed E-state index contributed by atoms with van der Waals surface area (Å²) >= 11 is 0. The molecule has 1 N–H and O–H groups in total. The van der Waals surface area contributed by atoms with E-state index in [1.807, 2.05) is 0 Å². The van der Waals surface area contributed by atoms with Gasteiger partial charge < -0.3 is 14.6 Å². The molecule has 5 nitrogen and oxygen atoms in total. The first-order chi connectivity index (χ1) is 8.53. The van der Waals surface area contributed by atoms with Gasteiger partial charge >= 0.3 is 6.18 Å². The molecule has 1 aliphatic rings. The summed E-state index contributed by atoms with van der Waals surface area (Å²) in [5.41, 5.74) is 0. The molecule has 2 rings (SSSR count). The Kier molecular flexibility index (Phi) is 4.18. The Morgan fingerprint density at radius 2 is 2.28 bits per heavy atom. The average molecular weight is 265 g/mol. The van der Waals surface area contributed by atoms with Crippen molar-refractivity contribution in [3.8, 4) is 0 Å². The molecule has 1 saturated heterocycles. The van der Waals surface area contributed by atoms with E-state index in [2.05, 4.69) is 20.2 Å². The van der Waals surface area contributed by atoms with Gasteiger partial charge in [-0.15, -0.1) is 0 Å². The first-order valence-corrected chi connectivity index (χ1v) is 5.69. The molecule has 0 spiro atoms. The highest BCUT2D eigenvalue weighted by Crippen LogP contribution is 2.16. The van der Waals surface area contributed by atoms with E-state index in [1.165, 1.54) is 0 Å². The third-order valence-electron chi connectivity index (χ3n) is 2.63. The highest BCUT2D eigenvalue weighted by molar-refractivity contribution is 4.88. The normalized spacial score (nSPS) is 20.5. The molecule has 1 aliphatic heterocycles. The van der Waals surface area contributed by atoms with E-state index < -0.39 is 12.8 Å². The van der Waals surface area contributed by atoms with Crippen LogP contribution in [-0.4, -0.2) is 36.0 Å². The van der Waals surface area contributed by atoms with Crippen molar-refractivity contribution in [1.29, 1.82) is 0 Å². The van der Waals surface area contributed by atoms with Crippen molar-refractivity contribution in [3.05, 3.63) is 11.7 Å². The molecule has 1 unspecified atom stereocenters. The third kappa shape index (κ3) is 4.26. The van der Waals surface area contributed by atoms with Crippen LogP contribution in [0.2, 0.25) is 0 Å². The van der Waals surface area contributed by atoms with E-state index in [-0.39, 0.29) is 12.4 Å². The lowest BCUT2D eigenvalue weighted by Gasteiger charge is -2.04. The molecule has 1 atom stereocenters. The average Bonchev–Trinajstić information content (AvgIpc) is 2.89. The van der Waals surface area contributed by atoms with Crippen molar-refractivity contribution in [2.24, 2.45) is 5.92 Å². The minimum absolute atomic E-state index is 0.153. The van der Waals surface area contributed by atoms with Gasteiger partial charge in [0.1, 0.15) is 13.2 Å². The lowest BCUT2D eigenvalue weighted by atomic mass is 10.1. The molecule has 102 valence electrons. The van der Waals surface area contributed by atoms with Crippen LogP contribution in [0.15, 0.2) is 4.52 Å². The maximum atomic E-state index is 11.8. The number of halogens is 3. The Morgan fingerprint density at radius 1 is 1.44 bits per heavy atom. The summed E-state index contributed by atoms with van der Waals surface area (Å²) in [7, 11) is 0. The highest BCUT2D eigenvalue weighted by atomic mass is 19.4. The molecule has 8 heteroatoms. The second kappa shape index (κ2) is 5.66. The molecular weight excluding hydrogens is 251 g/mol. The van der Waals surface area contributed by atoms with Gasteiger partial charge in [0.15, 0.2) is 5.82 Å². The summed E-state index contributed by atoms with van der Waals surface area (Å²) in [6.07, 6.45) is -2.64. The van der Waals surface area contributed by atoms with Gasteiger partial charge in [-0.2, -0.15) is 18.2 Å². The number of hydrogen-bond acceptors (Lipinski definition) is 5. The lowest BCUT2D eigenvalue weighted by molar-refractivity contribution is -0.177. The molecule has 18 heavy (non-hydrogen) atoms. The molecule has 0 amide bonds. The van der Waals surface area contributed by atoms with Gasteiger partial charge in [0.05, 0.1) is 0 Å². The Bertz CT molecular complexity index is 375. The van der Waals surface area contributed by atoms with Crippen LogP contribution in [0.25, 0.3) is 0 Å². The first-order valence-electron chi connectivity index (χ1n) is 5.69. The monoisotopic (exact) mass is 265 g/mol. The van der Waals surface area contributed by atoms with Crippen LogP contribution in [0.1, 0.15) is 18.1 Å². The minimum Gasteiger partial charge on any atom is -0.364 e. The maximum absolute atomic E-state index is 11.8.